The van der Waals surface area contributed by atoms with Crippen LogP contribution in [0.25, 0.3) is 0 Å². The number of aromatic nitrogens is 1. The third-order valence-electron chi connectivity index (χ3n) is 4.28. The van der Waals surface area contributed by atoms with Gasteiger partial charge in [0.15, 0.2) is 0 Å². The monoisotopic (exact) mass is 251 g/mol. The first-order valence-corrected chi connectivity index (χ1v) is 7.61. The predicted octanol–water partition coefficient (Wildman–Crippen LogP) is 2.25. The van der Waals surface area contributed by atoms with Gasteiger partial charge >= 0.3 is 0 Å². The van der Waals surface area contributed by atoms with Gasteiger partial charge < -0.3 is 5.32 Å². The Kier molecular flexibility index (Phi) is 3.45. The van der Waals surface area contributed by atoms with Gasteiger partial charge in [0, 0.05) is 36.8 Å². The molecule has 1 aliphatic heterocycles. The average Bonchev–Trinajstić information content (AvgIpc) is 2.86. The third kappa shape index (κ3) is 2.39. The largest absolute Gasteiger partial charge is 0.314 e. The molecule has 94 valence electrons. The molecule has 1 saturated carbocycles. The number of thiazole rings is 1. The van der Waals surface area contributed by atoms with Gasteiger partial charge in [-0.1, -0.05) is 19.3 Å². The predicted molar refractivity (Wildman–Crippen MR) is 71.2 cm³/mol. The van der Waals surface area contributed by atoms with Crippen LogP contribution in [0.1, 0.15) is 37.1 Å². The minimum absolute atomic E-state index is 0.433. The molecule has 0 unspecified atom stereocenters. The van der Waals surface area contributed by atoms with Crippen molar-refractivity contribution in [2.45, 2.75) is 44.2 Å². The summed E-state index contributed by atoms with van der Waals surface area (Å²) in [4.78, 5) is 7.14. The van der Waals surface area contributed by atoms with E-state index in [9.17, 15) is 0 Å². The molecule has 3 rings (SSSR count). The summed E-state index contributed by atoms with van der Waals surface area (Å²) in [7, 11) is 0. The SMILES string of the molecule is c1csc(CN2CCNCC23CCCCC3)n1. The molecule has 1 spiro atoms. The second kappa shape index (κ2) is 5.04. The Labute approximate surface area is 107 Å². The molecule has 0 amide bonds. The van der Waals surface area contributed by atoms with Crippen LogP contribution in [0.2, 0.25) is 0 Å². The molecular formula is C13H21N3S. The molecule has 1 aliphatic carbocycles. The fourth-order valence-electron chi connectivity index (χ4n) is 3.33. The summed E-state index contributed by atoms with van der Waals surface area (Å²) in [6, 6.07) is 0. The van der Waals surface area contributed by atoms with E-state index < -0.39 is 0 Å². The van der Waals surface area contributed by atoms with E-state index in [0.29, 0.717) is 5.54 Å². The topological polar surface area (TPSA) is 28.2 Å². The van der Waals surface area contributed by atoms with E-state index in [1.54, 1.807) is 11.3 Å². The molecule has 0 radical (unpaired) electrons. The average molecular weight is 251 g/mol. The van der Waals surface area contributed by atoms with E-state index in [0.717, 1.165) is 13.1 Å². The number of nitrogens with zero attached hydrogens (tertiary/aromatic N) is 2. The number of nitrogens with one attached hydrogen (secondary N) is 1. The second-order valence-electron chi connectivity index (χ2n) is 5.31. The zero-order chi connectivity index (χ0) is 11.6. The minimum Gasteiger partial charge on any atom is -0.314 e. The fraction of sp³-hybridized carbons (Fsp3) is 0.769. The van der Waals surface area contributed by atoms with E-state index in [1.807, 2.05) is 6.20 Å². The van der Waals surface area contributed by atoms with Crippen LogP contribution in [0.4, 0.5) is 0 Å². The number of piperazine rings is 1. The normalized spacial score (nSPS) is 25.2. The number of rotatable bonds is 2. The molecule has 0 aromatic carbocycles. The van der Waals surface area contributed by atoms with Crippen LogP contribution in [0, 0.1) is 0 Å². The molecule has 2 fully saturated rings. The van der Waals surface area contributed by atoms with Crippen molar-refractivity contribution in [2.75, 3.05) is 19.6 Å². The molecule has 0 bridgehead atoms. The van der Waals surface area contributed by atoms with Crippen LogP contribution in [0.3, 0.4) is 0 Å². The molecule has 1 N–H and O–H groups in total. The van der Waals surface area contributed by atoms with E-state index in [-0.39, 0.29) is 0 Å². The third-order valence-corrected chi connectivity index (χ3v) is 5.04. The molecule has 1 aromatic heterocycles. The summed E-state index contributed by atoms with van der Waals surface area (Å²) in [5.41, 5.74) is 0.433. The van der Waals surface area contributed by atoms with E-state index >= 15 is 0 Å². The summed E-state index contributed by atoms with van der Waals surface area (Å²) in [6.45, 7) is 4.55. The van der Waals surface area contributed by atoms with Crippen LogP contribution in [0.5, 0.6) is 0 Å². The smallest absolute Gasteiger partial charge is 0.107 e. The first-order chi connectivity index (χ1) is 8.39. The van der Waals surface area contributed by atoms with E-state index in [4.69, 9.17) is 0 Å². The fourth-order valence-corrected chi connectivity index (χ4v) is 3.96. The summed E-state index contributed by atoms with van der Waals surface area (Å²) in [5.74, 6) is 0. The Morgan fingerprint density at radius 1 is 1.35 bits per heavy atom. The van der Waals surface area contributed by atoms with Gasteiger partial charge in [0.1, 0.15) is 5.01 Å². The number of hydrogen-bond donors (Lipinski definition) is 1. The second-order valence-corrected chi connectivity index (χ2v) is 6.29. The van der Waals surface area contributed by atoms with Crippen molar-refractivity contribution < 1.29 is 0 Å². The lowest BCUT2D eigenvalue weighted by atomic mass is 9.79. The molecule has 2 heterocycles. The van der Waals surface area contributed by atoms with E-state index in [1.165, 1.54) is 50.2 Å². The highest BCUT2D eigenvalue weighted by Gasteiger charge is 2.39. The highest BCUT2D eigenvalue weighted by atomic mass is 32.1. The summed E-state index contributed by atoms with van der Waals surface area (Å²) < 4.78 is 0. The Balaban J connectivity index is 1.75. The summed E-state index contributed by atoms with van der Waals surface area (Å²) in [5, 5.41) is 6.96. The Morgan fingerprint density at radius 3 is 3.00 bits per heavy atom. The maximum absolute atomic E-state index is 4.44. The van der Waals surface area contributed by atoms with Crippen molar-refractivity contribution in [3.8, 4) is 0 Å². The van der Waals surface area contributed by atoms with Crippen LogP contribution in [-0.4, -0.2) is 35.1 Å². The van der Waals surface area contributed by atoms with Gasteiger partial charge in [0.05, 0.1) is 6.54 Å². The molecule has 17 heavy (non-hydrogen) atoms. The molecule has 1 aromatic rings. The van der Waals surface area contributed by atoms with Crippen molar-refractivity contribution in [2.24, 2.45) is 0 Å². The van der Waals surface area contributed by atoms with Crippen molar-refractivity contribution in [1.82, 2.24) is 15.2 Å². The van der Waals surface area contributed by atoms with Crippen molar-refractivity contribution in [3.05, 3.63) is 16.6 Å². The highest BCUT2D eigenvalue weighted by Crippen LogP contribution is 2.35. The van der Waals surface area contributed by atoms with Gasteiger partial charge in [-0.05, 0) is 12.8 Å². The first kappa shape index (κ1) is 11.6. The van der Waals surface area contributed by atoms with E-state index in [2.05, 4.69) is 20.6 Å². The van der Waals surface area contributed by atoms with Gasteiger partial charge in [-0.25, -0.2) is 4.98 Å². The molecule has 2 aliphatic rings. The van der Waals surface area contributed by atoms with Gasteiger partial charge in [0.2, 0.25) is 0 Å². The minimum atomic E-state index is 0.433. The molecular weight excluding hydrogens is 230 g/mol. The van der Waals surface area contributed by atoms with Crippen molar-refractivity contribution in [3.63, 3.8) is 0 Å². The standard InChI is InChI=1S/C13H21N3S/c1-2-4-13(5-3-1)11-14-6-8-16(13)10-12-15-7-9-17-12/h7,9,14H,1-6,8,10-11H2. The Bertz CT molecular complexity index is 335. The lowest BCUT2D eigenvalue weighted by molar-refractivity contribution is 0.0208. The molecule has 3 nitrogen and oxygen atoms in total. The summed E-state index contributed by atoms with van der Waals surface area (Å²) in [6.07, 6.45) is 8.88. The Morgan fingerprint density at radius 2 is 2.24 bits per heavy atom. The molecule has 4 heteroatoms. The number of hydrogen-bond acceptors (Lipinski definition) is 4. The lowest BCUT2D eigenvalue weighted by Crippen LogP contribution is -2.61. The van der Waals surface area contributed by atoms with Crippen LogP contribution < -0.4 is 5.32 Å². The summed E-state index contributed by atoms with van der Waals surface area (Å²) >= 11 is 1.79. The zero-order valence-corrected chi connectivity index (χ0v) is 11.1. The zero-order valence-electron chi connectivity index (χ0n) is 10.3. The Hall–Kier alpha value is -0.450. The maximum atomic E-state index is 4.44. The lowest BCUT2D eigenvalue weighted by Gasteiger charge is -2.49. The quantitative estimate of drug-likeness (QED) is 0.874. The molecule has 0 atom stereocenters. The van der Waals surface area contributed by atoms with Crippen LogP contribution >= 0.6 is 11.3 Å². The van der Waals surface area contributed by atoms with Crippen molar-refractivity contribution >= 4 is 11.3 Å². The first-order valence-electron chi connectivity index (χ1n) is 6.73. The van der Waals surface area contributed by atoms with Gasteiger partial charge in [-0.15, -0.1) is 11.3 Å². The van der Waals surface area contributed by atoms with Gasteiger partial charge in [0.25, 0.3) is 0 Å². The van der Waals surface area contributed by atoms with Gasteiger partial charge in [-0.3, -0.25) is 4.90 Å². The van der Waals surface area contributed by atoms with Gasteiger partial charge in [-0.2, -0.15) is 0 Å². The maximum Gasteiger partial charge on any atom is 0.107 e. The van der Waals surface area contributed by atoms with Crippen LogP contribution in [-0.2, 0) is 6.54 Å². The highest BCUT2D eigenvalue weighted by molar-refractivity contribution is 7.09. The molecule has 1 saturated heterocycles. The van der Waals surface area contributed by atoms with Crippen LogP contribution in [0.15, 0.2) is 11.6 Å². The van der Waals surface area contributed by atoms with Crippen molar-refractivity contribution in [1.29, 1.82) is 0 Å².